The SMILES string of the molecule is CC1=CC(=O)c2ccccc2C1=O.OC[C@@H](O)[C@@H](O)[C@H](O)[C@H](O)CO. The highest BCUT2D eigenvalue weighted by molar-refractivity contribution is 6.24. The van der Waals surface area contributed by atoms with Crippen LogP contribution >= 0.6 is 0 Å². The summed E-state index contributed by atoms with van der Waals surface area (Å²) in [6.07, 6.45) is -5.00. The van der Waals surface area contributed by atoms with Gasteiger partial charge in [-0.25, -0.2) is 0 Å². The van der Waals surface area contributed by atoms with Crippen molar-refractivity contribution in [2.45, 2.75) is 31.3 Å². The van der Waals surface area contributed by atoms with Gasteiger partial charge in [-0.05, 0) is 13.0 Å². The third-order valence-electron chi connectivity index (χ3n) is 3.66. The maximum absolute atomic E-state index is 11.5. The van der Waals surface area contributed by atoms with Gasteiger partial charge in [0.15, 0.2) is 11.6 Å². The first-order valence-corrected chi connectivity index (χ1v) is 7.54. The van der Waals surface area contributed by atoms with Crippen LogP contribution in [0.5, 0.6) is 0 Å². The minimum absolute atomic E-state index is 0.0461. The van der Waals surface area contributed by atoms with Crippen molar-refractivity contribution in [3.8, 4) is 0 Å². The predicted octanol–water partition coefficient (Wildman–Crippen LogP) is -1.57. The van der Waals surface area contributed by atoms with Crippen molar-refractivity contribution in [2.75, 3.05) is 13.2 Å². The topological polar surface area (TPSA) is 156 Å². The molecular weight excluding hydrogens is 332 g/mol. The number of hydrogen-bond donors (Lipinski definition) is 6. The number of Topliss-reactive ketones (excluding diaryl/α,β-unsaturated/α-hetero) is 1. The number of fused-ring (bicyclic) bond motifs is 1. The second kappa shape index (κ2) is 9.52. The van der Waals surface area contributed by atoms with Crippen molar-refractivity contribution in [1.29, 1.82) is 0 Å². The molecule has 0 unspecified atom stereocenters. The van der Waals surface area contributed by atoms with Gasteiger partial charge >= 0.3 is 0 Å². The lowest BCUT2D eigenvalue weighted by Gasteiger charge is -2.24. The fourth-order valence-corrected chi connectivity index (χ4v) is 2.12. The maximum Gasteiger partial charge on any atom is 0.189 e. The second-order valence-corrected chi connectivity index (χ2v) is 5.55. The molecular formula is C17H22O8. The zero-order valence-electron chi connectivity index (χ0n) is 13.6. The van der Waals surface area contributed by atoms with Crippen molar-refractivity contribution >= 4 is 11.6 Å². The first-order valence-electron chi connectivity index (χ1n) is 7.54. The Kier molecular flexibility index (Phi) is 8.04. The molecule has 0 aliphatic heterocycles. The third kappa shape index (κ3) is 5.27. The second-order valence-electron chi connectivity index (χ2n) is 5.55. The van der Waals surface area contributed by atoms with Gasteiger partial charge in [0.25, 0.3) is 0 Å². The highest BCUT2D eigenvalue weighted by Gasteiger charge is 2.29. The molecule has 2 rings (SSSR count). The summed E-state index contributed by atoms with van der Waals surface area (Å²) in [5, 5.41) is 52.2. The van der Waals surface area contributed by atoms with Crippen LogP contribution < -0.4 is 0 Å². The Labute approximate surface area is 144 Å². The molecule has 4 atom stereocenters. The fourth-order valence-electron chi connectivity index (χ4n) is 2.12. The minimum atomic E-state index is -1.67. The van der Waals surface area contributed by atoms with E-state index in [-0.39, 0.29) is 11.6 Å². The average molecular weight is 354 g/mol. The first-order chi connectivity index (χ1) is 11.7. The molecule has 1 aromatic carbocycles. The number of aliphatic hydroxyl groups is 6. The van der Waals surface area contributed by atoms with Crippen molar-refractivity contribution in [3.05, 3.63) is 47.0 Å². The summed E-state index contributed by atoms with van der Waals surface area (Å²) in [4.78, 5) is 23.0. The summed E-state index contributed by atoms with van der Waals surface area (Å²) < 4.78 is 0. The molecule has 0 amide bonds. The highest BCUT2D eigenvalue weighted by atomic mass is 16.4. The Balaban J connectivity index is 0.000000252. The maximum atomic E-state index is 11.5. The number of carbonyl (C=O) groups excluding carboxylic acids is 2. The third-order valence-corrected chi connectivity index (χ3v) is 3.66. The molecule has 6 N–H and O–H groups in total. The Morgan fingerprint density at radius 1 is 0.840 bits per heavy atom. The van der Waals surface area contributed by atoms with Crippen LogP contribution in [0.3, 0.4) is 0 Å². The molecule has 1 aliphatic rings. The number of rotatable bonds is 5. The number of benzene rings is 1. The molecule has 0 saturated carbocycles. The summed E-state index contributed by atoms with van der Waals surface area (Å²) in [7, 11) is 0. The predicted molar refractivity (Wildman–Crippen MR) is 87.1 cm³/mol. The van der Waals surface area contributed by atoms with E-state index in [1.165, 1.54) is 6.08 Å². The summed E-state index contributed by atoms with van der Waals surface area (Å²) >= 11 is 0. The van der Waals surface area contributed by atoms with Gasteiger partial charge in [0.05, 0.1) is 13.2 Å². The fraction of sp³-hybridized carbons (Fsp3) is 0.412. The van der Waals surface area contributed by atoms with Crippen molar-refractivity contribution < 1.29 is 40.2 Å². The van der Waals surface area contributed by atoms with Crippen LogP contribution in [-0.4, -0.2) is 79.8 Å². The smallest absolute Gasteiger partial charge is 0.189 e. The van der Waals surface area contributed by atoms with Crippen LogP contribution in [0, 0.1) is 0 Å². The summed E-state index contributed by atoms with van der Waals surface area (Å²) in [5.41, 5.74) is 1.55. The molecule has 0 fully saturated rings. The highest BCUT2D eigenvalue weighted by Crippen LogP contribution is 2.20. The number of hydrogen-bond acceptors (Lipinski definition) is 8. The van der Waals surface area contributed by atoms with Gasteiger partial charge in [-0.15, -0.1) is 0 Å². The molecule has 0 spiro atoms. The van der Waals surface area contributed by atoms with E-state index in [0.717, 1.165) is 0 Å². The molecule has 0 saturated heterocycles. The number of ketones is 2. The van der Waals surface area contributed by atoms with Crippen LogP contribution in [0.4, 0.5) is 0 Å². The normalized spacial score (nSPS) is 18.3. The lowest BCUT2D eigenvalue weighted by Crippen LogP contribution is -2.46. The Bertz CT molecular complexity index is 625. The van der Waals surface area contributed by atoms with Gasteiger partial charge < -0.3 is 30.6 Å². The van der Waals surface area contributed by atoms with Crippen molar-refractivity contribution in [1.82, 2.24) is 0 Å². The lowest BCUT2D eigenvalue weighted by molar-refractivity contribution is -0.123. The van der Waals surface area contributed by atoms with Crippen molar-refractivity contribution in [3.63, 3.8) is 0 Å². The number of aliphatic hydroxyl groups excluding tert-OH is 6. The van der Waals surface area contributed by atoms with E-state index in [4.69, 9.17) is 30.6 Å². The minimum Gasteiger partial charge on any atom is -0.394 e. The van der Waals surface area contributed by atoms with E-state index in [2.05, 4.69) is 0 Å². The van der Waals surface area contributed by atoms with E-state index >= 15 is 0 Å². The van der Waals surface area contributed by atoms with Crippen molar-refractivity contribution in [2.24, 2.45) is 0 Å². The summed E-state index contributed by atoms with van der Waals surface area (Å²) in [6, 6.07) is 6.89. The van der Waals surface area contributed by atoms with E-state index in [1.807, 2.05) is 0 Å². The number of carbonyl (C=O) groups is 2. The molecule has 0 aromatic heterocycles. The quantitative estimate of drug-likeness (QED) is 0.370. The Morgan fingerprint density at radius 2 is 1.28 bits per heavy atom. The van der Waals surface area contributed by atoms with Gasteiger partial charge in [-0.3, -0.25) is 9.59 Å². The summed E-state index contributed by atoms with van der Waals surface area (Å²) in [5.74, 6) is -0.122. The monoisotopic (exact) mass is 354 g/mol. The van der Waals surface area contributed by atoms with Gasteiger partial charge in [0, 0.05) is 16.7 Å². The zero-order chi connectivity index (χ0) is 19.1. The van der Waals surface area contributed by atoms with Gasteiger partial charge in [-0.2, -0.15) is 0 Å². The lowest BCUT2D eigenvalue weighted by atomic mass is 9.90. The van der Waals surface area contributed by atoms with Crippen LogP contribution in [-0.2, 0) is 0 Å². The molecule has 138 valence electrons. The van der Waals surface area contributed by atoms with E-state index < -0.39 is 37.6 Å². The van der Waals surface area contributed by atoms with E-state index in [9.17, 15) is 9.59 Å². The Morgan fingerprint density at radius 3 is 1.72 bits per heavy atom. The molecule has 0 bridgehead atoms. The standard InChI is InChI=1S/C11H8O2.C6H14O6/c1-7-6-10(12)8-4-2-3-5-9(8)11(7)13;7-1-3(9)5(11)6(12)4(10)2-8/h2-6H,1H3;3-12H,1-2H2/t;3-,4-,5-,6-/m.1/s1. The van der Waals surface area contributed by atoms with E-state index in [0.29, 0.717) is 16.7 Å². The van der Waals surface area contributed by atoms with Crippen LogP contribution in [0.2, 0.25) is 0 Å². The van der Waals surface area contributed by atoms with Crippen LogP contribution in [0.1, 0.15) is 27.6 Å². The molecule has 0 heterocycles. The van der Waals surface area contributed by atoms with Crippen LogP contribution in [0.15, 0.2) is 35.9 Å². The largest absolute Gasteiger partial charge is 0.394 e. The number of allylic oxidation sites excluding steroid dienone is 2. The van der Waals surface area contributed by atoms with Gasteiger partial charge in [0.1, 0.15) is 24.4 Å². The molecule has 8 nitrogen and oxygen atoms in total. The molecule has 25 heavy (non-hydrogen) atoms. The Hall–Kier alpha value is -1.94. The molecule has 1 aromatic rings. The molecule has 0 radical (unpaired) electrons. The molecule has 8 heteroatoms. The first kappa shape index (κ1) is 21.1. The molecule has 1 aliphatic carbocycles. The average Bonchev–Trinajstić information content (AvgIpc) is 2.64. The zero-order valence-corrected chi connectivity index (χ0v) is 13.6. The van der Waals surface area contributed by atoms with Gasteiger partial charge in [0.2, 0.25) is 0 Å². The summed E-state index contributed by atoms with van der Waals surface area (Å²) in [6.45, 7) is 0.211. The van der Waals surface area contributed by atoms with Gasteiger partial charge in [-0.1, -0.05) is 24.3 Å². The van der Waals surface area contributed by atoms with Crippen LogP contribution in [0.25, 0.3) is 0 Å². The van der Waals surface area contributed by atoms with E-state index in [1.54, 1.807) is 31.2 Å².